The lowest BCUT2D eigenvalue weighted by Gasteiger charge is -2.31. The first-order chi connectivity index (χ1) is 7.97. The molecule has 0 saturated carbocycles. The van der Waals surface area contributed by atoms with Crippen molar-refractivity contribution in [2.24, 2.45) is 0 Å². The lowest BCUT2D eigenvalue weighted by Crippen LogP contribution is -2.32. The van der Waals surface area contributed by atoms with E-state index >= 15 is 0 Å². The fourth-order valence-electron chi connectivity index (χ4n) is 2.02. The summed E-state index contributed by atoms with van der Waals surface area (Å²) < 4.78 is 13.2. The molecule has 0 heterocycles. The van der Waals surface area contributed by atoms with E-state index in [1.807, 2.05) is 0 Å². The number of rotatable bonds is 5. The molecule has 0 aliphatic rings. The third kappa shape index (κ3) is 3.43. The van der Waals surface area contributed by atoms with Gasteiger partial charge in [-0.1, -0.05) is 6.92 Å². The highest BCUT2D eigenvalue weighted by atomic mass is 19.1. The molecule has 3 heteroatoms. The number of anilines is 1. The zero-order valence-corrected chi connectivity index (χ0v) is 11.1. The number of benzene rings is 1. The molecule has 0 aliphatic heterocycles. The maximum Gasteiger partial charge on any atom is 0.123 e. The van der Waals surface area contributed by atoms with E-state index in [0.29, 0.717) is 11.6 Å². The van der Waals surface area contributed by atoms with Crippen molar-refractivity contribution in [3.05, 3.63) is 29.6 Å². The van der Waals surface area contributed by atoms with Gasteiger partial charge in [0.25, 0.3) is 0 Å². The molecule has 1 N–H and O–H groups in total. The molecular formula is C14H22FNO. The molecule has 2 nitrogen and oxygen atoms in total. The van der Waals surface area contributed by atoms with Crippen LogP contribution in [-0.4, -0.2) is 17.7 Å². The van der Waals surface area contributed by atoms with E-state index in [4.69, 9.17) is 0 Å². The normalized spacial score (nSPS) is 12.9. The summed E-state index contributed by atoms with van der Waals surface area (Å²) in [5, 5.41) is 9.73. The second kappa shape index (κ2) is 6.01. The van der Waals surface area contributed by atoms with Gasteiger partial charge in [-0.2, -0.15) is 0 Å². The van der Waals surface area contributed by atoms with Crippen molar-refractivity contribution in [1.29, 1.82) is 0 Å². The molecule has 1 aromatic carbocycles. The van der Waals surface area contributed by atoms with Gasteiger partial charge in [-0.15, -0.1) is 0 Å². The number of hydrogen-bond donors (Lipinski definition) is 1. The summed E-state index contributed by atoms with van der Waals surface area (Å²) in [5.41, 5.74) is 1.59. The highest BCUT2D eigenvalue weighted by Crippen LogP contribution is 2.28. The summed E-state index contributed by atoms with van der Waals surface area (Å²) in [6, 6.07) is 4.96. The first kappa shape index (κ1) is 14.0. The molecule has 0 aliphatic carbocycles. The van der Waals surface area contributed by atoms with Crippen molar-refractivity contribution >= 4 is 5.69 Å². The van der Waals surface area contributed by atoms with Crippen molar-refractivity contribution in [2.45, 2.75) is 46.3 Å². The second-order valence-corrected chi connectivity index (χ2v) is 4.67. The van der Waals surface area contributed by atoms with E-state index in [1.54, 1.807) is 13.0 Å². The van der Waals surface area contributed by atoms with Crippen LogP contribution in [0.25, 0.3) is 0 Å². The van der Waals surface area contributed by atoms with Crippen LogP contribution in [0.4, 0.5) is 10.1 Å². The molecule has 17 heavy (non-hydrogen) atoms. The van der Waals surface area contributed by atoms with E-state index < -0.39 is 6.10 Å². The minimum Gasteiger partial charge on any atom is -0.389 e. The molecule has 1 rings (SSSR count). The maximum absolute atomic E-state index is 13.2. The fourth-order valence-corrected chi connectivity index (χ4v) is 2.02. The first-order valence-corrected chi connectivity index (χ1v) is 6.21. The van der Waals surface area contributed by atoms with Gasteiger partial charge < -0.3 is 10.0 Å². The summed E-state index contributed by atoms with van der Waals surface area (Å²) in [4.78, 5) is 2.20. The molecule has 1 atom stereocenters. The van der Waals surface area contributed by atoms with Gasteiger partial charge in [0.2, 0.25) is 0 Å². The van der Waals surface area contributed by atoms with E-state index in [-0.39, 0.29) is 5.82 Å². The summed E-state index contributed by atoms with van der Waals surface area (Å²) in [5.74, 6) is -0.301. The monoisotopic (exact) mass is 239 g/mol. The van der Waals surface area contributed by atoms with Gasteiger partial charge in [0.1, 0.15) is 5.82 Å². The van der Waals surface area contributed by atoms with Gasteiger partial charge in [-0.25, -0.2) is 4.39 Å². The largest absolute Gasteiger partial charge is 0.389 e. The number of nitrogens with zero attached hydrogens (tertiary/aromatic N) is 1. The molecule has 0 radical (unpaired) electrons. The predicted octanol–water partition coefficient (Wildman–Crippen LogP) is 3.50. The van der Waals surface area contributed by atoms with Crippen molar-refractivity contribution in [3.63, 3.8) is 0 Å². The number of aliphatic hydroxyl groups is 1. The van der Waals surface area contributed by atoms with E-state index in [2.05, 4.69) is 25.7 Å². The van der Waals surface area contributed by atoms with Crippen LogP contribution in [0.3, 0.4) is 0 Å². The van der Waals surface area contributed by atoms with E-state index in [9.17, 15) is 9.50 Å². The Morgan fingerprint density at radius 3 is 2.41 bits per heavy atom. The average molecular weight is 239 g/mol. The number of aliphatic hydroxyl groups excluding tert-OH is 1. The minimum atomic E-state index is -0.654. The number of hydrogen-bond acceptors (Lipinski definition) is 2. The lowest BCUT2D eigenvalue weighted by atomic mass is 10.1. The summed E-state index contributed by atoms with van der Waals surface area (Å²) >= 11 is 0. The van der Waals surface area contributed by atoms with Crippen LogP contribution in [0.1, 0.15) is 45.8 Å². The Morgan fingerprint density at radius 2 is 1.94 bits per heavy atom. The van der Waals surface area contributed by atoms with Crippen molar-refractivity contribution < 1.29 is 9.50 Å². The van der Waals surface area contributed by atoms with Crippen LogP contribution in [0.5, 0.6) is 0 Å². The van der Waals surface area contributed by atoms with Crippen LogP contribution in [0, 0.1) is 5.82 Å². The van der Waals surface area contributed by atoms with Gasteiger partial charge in [0.05, 0.1) is 6.10 Å². The smallest absolute Gasteiger partial charge is 0.123 e. The second-order valence-electron chi connectivity index (χ2n) is 4.67. The van der Waals surface area contributed by atoms with Crippen LogP contribution >= 0.6 is 0 Å². The zero-order valence-electron chi connectivity index (χ0n) is 11.1. The Kier molecular flexibility index (Phi) is 4.94. The first-order valence-electron chi connectivity index (χ1n) is 6.21. The highest BCUT2D eigenvalue weighted by Gasteiger charge is 2.16. The standard InChI is InChI=1S/C14H22FNO/c1-5-8-16(10(2)3)14-7-6-12(15)9-13(14)11(4)17/h6-7,9-11,17H,5,8H2,1-4H3/t11-/m0/s1. The van der Waals surface area contributed by atoms with Gasteiger partial charge in [-0.05, 0) is 45.4 Å². The molecule has 1 aromatic rings. The third-order valence-corrected chi connectivity index (χ3v) is 2.84. The molecule has 0 saturated heterocycles. The summed E-state index contributed by atoms with van der Waals surface area (Å²) in [6.07, 6.45) is 0.369. The topological polar surface area (TPSA) is 23.5 Å². The van der Waals surface area contributed by atoms with Crippen LogP contribution in [0.15, 0.2) is 18.2 Å². The van der Waals surface area contributed by atoms with Crippen molar-refractivity contribution in [1.82, 2.24) is 0 Å². The highest BCUT2D eigenvalue weighted by molar-refractivity contribution is 5.55. The third-order valence-electron chi connectivity index (χ3n) is 2.84. The zero-order chi connectivity index (χ0) is 13.0. The molecule has 96 valence electrons. The van der Waals surface area contributed by atoms with Crippen molar-refractivity contribution in [3.8, 4) is 0 Å². The molecular weight excluding hydrogens is 217 g/mol. The Balaban J connectivity index is 3.17. The van der Waals surface area contributed by atoms with E-state index in [1.165, 1.54) is 12.1 Å². The molecule has 0 unspecified atom stereocenters. The molecule has 0 spiro atoms. The molecule has 0 amide bonds. The fraction of sp³-hybridized carbons (Fsp3) is 0.571. The molecule has 0 aromatic heterocycles. The van der Waals surface area contributed by atoms with Crippen LogP contribution < -0.4 is 4.90 Å². The minimum absolute atomic E-state index is 0.301. The van der Waals surface area contributed by atoms with Crippen LogP contribution in [-0.2, 0) is 0 Å². The predicted molar refractivity (Wildman–Crippen MR) is 69.8 cm³/mol. The Morgan fingerprint density at radius 1 is 1.29 bits per heavy atom. The maximum atomic E-state index is 13.2. The summed E-state index contributed by atoms with van der Waals surface area (Å²) in [7, 11) is 0. The molecule has 0 fully saturated rings. The molecule has 0 bridgehead atoms. The Bertz CT molecular complexity index is 363. The average Bonchev–Trinajstić information content (AvgIpc) is 2.26. The Labute approximate surface area is 103 Å². The quantitative estimate of drug-likeness (QED) is 0.850. The van der Waals surface area contributed by atoms with Gasteiger partial charge >= 0.3 is 0 Å². The van der Waals surface area contributed by atoms with Gasteiger partial charge in [0, 0.05) is 23.8 Å². The number of halogens is 1. The summed E-state index contributed by atoms with van der Waals surface area (Å²) in [6.45, 7) is 8.89. The lowest BCUT2D eigenvalue weighted by molar-refractivity contribution is 0.199. The van der Waals surface area contributed by atoms with E-state index in [0.717, 1.165) is 18.7 Å². The van der Waals surface area contributed by atoms with Crippen molar-refractivity contribution in [2.75, 3.05) is 11.4 Å². The van der Waals surface area contributed by atoms with Gasteiger partial charge in [-0.3, -0.25) is 0 Å². The Hall–Kier alpha value is -1.09. The van der Waals surface area contributed by atoms with Crippen LogP contribution in [0.2, 0.25) is 0 Å². The van der Waals surface area contributed by atoms with Gasteiger partial charge in [0.15, 0.2) is 0 Å². The SMILES string of the molecule is CCCN(c1ccc(F)cc1[C@H](C)O)C(C)C.